The van der Waals surface area contributed by atoms with Crippen molar-refractivity contribution in [3.8, 4) is 0 Å². The second kappa shape index (κ2) is 8.50. The molecule has 0 saturated carbocycles. The Balaban J connectivity index is 0.00000264. The fourth-order valence-corrected chi connectivity index (χ4v) is 1.92. The molecule has 1 aromatic heterocycles. The number of anilines is 1. The molecule has 0 saturated heterocycles. The highest BCUT2D eigenvalue weighted by Gasteiger charge is 2.14. The van der Waals surface area contributed by atoms with E-state index in [4.69, 9.17) is 10.3 Å². The number of rotatable bonds is 5. The predicted molar refractivity (Wildman–Crippen MR) is 78.0 cm³/mol. The van der Waals surface area contributed by atoms with Crippen LogP contribution in [0.3, 0.4) is 0 Å². The molecule has 7 nitrogen and oxygen atoms in total. The van der Waals surface area contributed by atoms with Crippen LogP contribution < -0.4 is 22.3 Å². The number of carbonyl (C=O) groups is 2. The monoisotopic (exact) mass is 335 g/mol. The van der Waals surface area contributed by atoms with Gasteiger partial charge in [-0.1, -0.05) is 17.3 Å². The smallest absolute Gasteiger partial charge is 0.337 e. The van der Waals surface area contributed by atoms with Crippen molar-refractivity contribution in [1.29, 1.82) is 0 Å². The van der Waals surface area contributed by atoms with E-state index < -0.39 is 5.97 Å². The van der Waals surface area contributed by atoms with Crippen molar-refractivity contribution >= 4 is 23.8 Å². The highest BCUT2D eigenvalue weighted by molar-refractivity contribution is 6.00. The van der Waals surface area contributed by atoms with E-state index in [1.807, 2.05) is 0 Å². The highest BCUT2D eigenvalue weighted by Crippen LogP contribution is 2.14. The molecule has 0 aliphatic carbocycles. The normalized spacial score (nSPS) is 10.1. The molecule has 0 aliphatic heterocycles. The van der Waals surface area contributed by atoms with E-state index in [-0.39, 0.29) is 36.1 Å². The number of nitrogens with one attached hydrogen (secondary N) is 1. The number of carboxylic acid groups (broad SMARTS) is 1. The van der Waals surface area contributed by atoms with Gasteiger partial charge in [-0.2, -0.15) is 4.57 Å². The van der Waals surface area contributed by atoms with Gasteiger partial charge in [-0.15, -0.1) is 0 Å². The number of carboxylic acids is 1. The van der Waals surface area contributed by atoms with E-state index in [1.165, 1.54) is 18.3 Å². The SMILES string of the molecule is O=C(C[n+]1cccc(/C=N/O)c1)Nc1ccccc1C(=O)O.[Cl-]. The molecule has 0 atom stereocenters. The molecular weight excluding hydrogens is 322 g/mol. The molecule has 0 radical (unpaired) electrons. The van der Waals surface area contributed by atoms with Crippen LogP contribution in [0.5, 0.6) is 0 Å². The van der Waals surface area contributed by atoms with Gasteiger partial charge < -0.3 is 28.0 Å². The zero-order valence-electron chi connectivity index (χ0n) is 11.9. The van der Waals surface area contributed by atoms with E-state index in [0.717, 1.165) is 0 Å². The summed E-state index contributed by atoms with van der Waals surface area (Å²) in [6.45, 7) is 0.00105. The molecule has 0 fully saturated rings. The van der Waals surface area contributed by atoms with Crippen LogP contribution in [0, 0.1) is 0 Å². The summed E-state index contributed by atoms with van der Waals surface area (Å²) in [6, 6.07) is 9.60. The first-order valence-corrected chi connectivity index (χ1v) is 6.39. The largest absolute Gasteiger partial charge is 1.00 e. The van der Waals surface area contributed by atoms with Crippen molar-refractivity contribution in [3.05, 3.63) is 59.9 Å². The number of para-hydroxylation sites is 1. The Morgan fingerprint density at radius 3 is 2.65 bits per heavy atom. The van der Waals surface area contributed by atoms with E-state index >= 15 is 0 Å². The molecule has 2 rings (SSSR count). The lowest BCUT2D eigenvalue weighted by atomic mass is 10.2. The summed E-state index contributed by atoms with van der Waals surface area (Å²) < 4.78 is 1.59. The van der Waals surface area contributed by atoms with Gasteiger partial charge in [0.2, 0.25) is 6.54 Å². The second-order valence-corrected chi connectivity index (χ2v) is 4.45. The molecule has 120 valence electrons. The van der Waals surface area contributed by atoms with Crippen LogP contribution in [0.2, 0.25) is 0 Å². The number of halogens is 1. The molecule has 8 heteroatoms. The maximum absolute atomic E-state index is 12.0. The van der Waals surface area contributed by atoms with Gasteiger partial charge in [0.1, 0.15) is 0 Å². The van der Waals surface area contributed by atoms with Gasteiger partial charge in [0.15, 0.2) is 12.4 Å². The molecule has 0 bridgehead atoms. The fourth-order valence-electron chi connectivity index (χ4n) is 1.92. The number of hydrogen-bond acceptors (Lipinski definition) is 4. The average molecular weight is 336 g/mol. The summed E-state index contributed by atoms with van der Waals surface area (Å²) in [6.07, 6.45) is 4.55. The van der Waals surface area contributed by atoms with Gasteiger partial charge in [-0.3, -0.25) is 4.79 Å². The zero-order chi connectivity index (χ0) is 15.9. The third-order valence-corrected chi connectivity index (χ3v) is 2.85. The van der Waals surface area contributed by atoms with E-state index in [9.17, 15) is 9.59 Å². The van der Waals surface area contributed by atoms with Crippen LogP contribution in [0.4, 0.5) is 5.69 Å². The molecular formula is C15H14ClN3O4. The van der Waals surface area contributed by atoms with Crippen LogP contribution in [0.1, 0.15) is 15.9 Å². The minimum atomic E-state index is -1.11. The van der Waals surface area contributed by atoms with Crippen molar-refractivity contribution in [1.82, 2.24) is 0 Å². The molecule has 1 heterocycles. The molecule has 0 aliphatic rings. The number of nitrogens with zero attached hydrogens (tertiary/aromatic N) is 2. The van der Waals surface area contributed by atoms with Crippen LogP contribution >= 0.6 is 0 Å². The van der Waals surface area contributed by atoms with Gasteiger partial charge in [0.25, 0.3) is 5.91 Å². The molecule has 2 aromatic rings. The molecule has 1 amide bonds. The minimum Gasteiger partial charge on any atom is -1.00 e. The standard InChI is InChI=1S/C15H13N3O4.ClH/c19-14(10-18-7-3-4-11(9-18)8-16-22)17-13-6-2-1-5-12(13)15(20)21;/h1-9H,10H2,(H2-,17,19,20,21,22);1H/b16-8+;. The Morgan fingerprint density at radius 2 is 1.96 bits per heavy atom. The lowest BCUT2D eigenvalue weighted by molar-refractivity contribution is -0.684. The number of amides is 1. The summed E-state index contributed by atoms with van der Waals surface area (Å²) in [5.41, 5.74) is 0.902. The minimum absolute atomic E-state index is 0. The number of aromatic carboxylic acids is 1. The third kappa shape index (κ3) is 5.08. The van der Waals surface area contributed by atoms with Crippen molar-refractivity contribution in [2.75, 3.05) is 5.32 Å². The number of aromatic nitrogens is 1. The maximum atomic E-state index is 12.0. The summed E-state index contributed by atoms with van der Waals surface area (Å²) in [5, 5.41) is 23.1. The van der Waals surface area contributed by atoms with Gasteiger partial charge >= 0.3 is 5.97 Å². The lowest BCUT2D eigenvalue weighted by Crippen LogP contribution is -3.00. The Morgan fingerprint density at radius 1 is 1.22 bits per heavy atom. The van der Waals surface area contributed by atoms with Gasteiger partial charge in [0.05, 0.1) is 23.0 Å². The Hall–Kier alpha value is -2.93. The van der Waals surface area contributed by atoms with Gasteiger partial charge in [0, 0.05) is 6.07 Å². The van der Waals surface area contributed by atoms with Crippen molar-refractivity contribution in [2.45, 2.75) is 6.54 Å². The Kier molecular flexibility index (Phi) is 6.69. The van der Waals surface area contributed by atoms with Crippen molar-refractivity contribution in [2.24, 2.45) is 5.16 Å². The third-order valence-electron chi connectivity index (χ3n) is 2.85. The average Bonchev–Trinajstić information content (AvgIpc) is 2.48. The summed E-state index contributed by atoms with van der Waals surface area (Å²) in [5.74, 6) is -1.47. The first kappa shape index (κ1) is 18.1. The fraction of sp³-hybridized carbons (Fsp3) is 0.0667. The first-order valence-electron chi connectivity index (χ1n) is 6.39. The van der Waals surface area contributed by atoms with Gasteiger partial charge in [-0.25, -0.2) is 4.79 Å². The summed E-state index contributed by atoms with van der Waals surface area (Å²) >= 11 is 0. The Bertz CT molecular complexity index is 734. The van der Waals surface area contributed by atoms with E-state index in [2.05, 4.69) is 10.5 Å². The molecule has 0 spiro atoms. The first-order chi connectivity index (χ1) is 10.6. The Labute approximate surface area is 138 Å². The lowest BCUT2D eigenvalue weighted by Gasteiger charge is -2.06. The number of benzene rings is 1. The molecule has 23 heavy (non-hydrogen) atoms. The van der Waals surface area contributed by atoms with Crippen LogP contribution in [0.25, 0.3) is 0 Å². The molecule has 1 aromatic carbocycles. The second-order valence-electron chi connectivity index (χ2n) is 4.45. The van der Waals surface area contributed by atoms with Crippen molar-refractivity contribution < 1.29 is 36.9 Å². The zero-order valence-corrected chi connectivity index (χ0v) is 12.6. The quantitative estimate of drug-likeness (QED) is 0.258. The number of oxime groups is 1. The topological polar surface area (TPSA) is 103 Å². The van der Waals surface area contributed by atoms with Crippen LogP contribution in [0.15, 0.2) is 53.9 Å². The van der Waals surface area contributed by atoms with Crippen LogP contribution in [-0.4, -0.2) is 28.4 Å². The molecule has 0 unspecified atom stereocenters. The highest BCUT2D eigenvalue weighted by atomic mass is 35.5. The van der Waals surface area contributed by atoms with Crippen LogP contribution in [-0.2, 0) is 11.3 Å². The summed E-state index contributed by atoms with van der Waals surface area (Å²) in [7, 11) is 0. The maximum Gasteiger partial charge on any atom is 0.337 e. The van der Waals surface area contributed by atoms with E-state index in [1.54, 1.807) is 41.2 Å². The number of hydrogen-bond donors (Lipinski definition) is 3. The van der Waals surface area contributed by atoms with Gasteiger partial charge in [-0.05, 0) is 18.2 Å². The predicted octanol–water partition coefficient (Wildman–Crippen LogP) is -1.88. The molecule has 3 N–H and O–H groups in total. The number of carbonyl (C=O) groups excluding carboxylic acids is 1. The van der Waals surface area contributed by atoms with E-state index in [0.29, 0.717) is 5.56 Å². The summed E-state index contributed by atoms with van der Waals surface area (Å²) in [4.78, 5) is 23.1. The van der Waals surface area contributed by atoms with Crippen molar-refractivity contribution in [3.63, 3.8) is 0 Å². The number of pyridine rings is 1.